The molecule has 0 atom stereocenters. The largest absolute Gasteiger partial charge is 0.506 e. The van der Waals surface area contributed by atoms with Crippen molar-refractivity contribution in [3.8, 4) is 0 Å². The maximum atomic E-state index is 12.2. The Hall–Kier alpha value is -2.99. The Balaban J connectivity index is 1.98. The van der Waals surface area contributed by atoms with Crippen LogP contribution in [0.2, 0.25) is 0 Å². The van der Waals surface area contributed by atoms with E-state index in [4.69, 9.17) is 4.74 Å². The van der Waals surface area contributed by atoms with Gasteiger partial charge in [0.2, 0.25) is 0 Å². The van der Waals surface area contributed by atoms with Crippen LogP contribution in [0, 0.1) is 6.92 Å². The zero-order valence-electron chi connectivity index (χ0n) is 16.3. The highest BCUT2D eigenvalue weighted by atomic mass is 32.2. The molecule has 1 N–H and O–H groups in total. The van der Waals surface area contributed by atoms with E-state index in [1.807, 2.05) is 80.5 Å². The maximum absolute atomic E-state index is 12.2. The first kappa shape index (κ1) is 19.8. The van der Waals surface area contributed by atoms with Gasteiger partial charge in [0.15, 0.2) is 0 Å². The topological polar surface area (TPSA) is 62.1 Å². The van der Waals surface area contributed by atoms with Crippen LogP contribution in [0.25, 0.3) is 6.08 Å². The number of aliphatic imine (C=N–C) groups is 1. The molecule has 0 fully saturated rings. The molecule has 144 valence electrons. The van der Waals surface area contributed by atoms with E-state index < -0.39 is 5.97 Å². The number of aliphatic hydroxyl groups is 1. The van der Waals surface area contributed by atoms with Gasteiger partial charge in [-0.15, -0.1) is 0 Å². The highest BCUT2D eigenvalue weighted by Gasteiger charge is 2.32. The van der Waals surface area contributed by atoms with Crippen LogP contribution in [0.15, 0.2) is 69.8 Å². The summed E-state index contributed by atoms with van der Waals surface area (Å²) in [7, 11) is 5.25. The third kappa shape index (κ3) is 4.28. The summed E-state index contributed by atoms with van der Waals surface area (Å²) >= 11 is 1.25. The van der Waals surface area contributed by atoms with E-state index in [2.05, 4.69) is 4.99 Å². The third-order valence-electron chi connectivity index (χ3n) is 4.25. The van der Waals surface area contributed by atoms with Crippen LogP contribution in [0.3, 0.4) is 0 Å². The number of hydrogen-bond acceptors (Lipinski definition) is 6. The summed E-state index contributed by atoms with van der Waals surface area (Å²) in [5.74, 6) is -0.721. The molecule has 0 spiro atoms. The molecule has 2 aromatic rings. The van der Waals surface area contributed by atoms with Crippen LogP contribution in [0.5, 0.6) is 0 Å². The van der Waals surface area contributed by atoms with Crippen molar-refractivity contribution < 1.29 is 14.6 Å². The highest BCUT2D eigenvalue weighted by Crippen LogP contribution is 2.40. The molecule has 0 aromatic heterocycles. The van der Waals surface area contributed by atoms with Crippen LogP contribution < -0.4 is 4.90 Å². The second-order valence-corrected chi connectivity index (χ2v) is 7.59. The van der Waals surface area contributed by atoms with Crippen LogP contribution in [-0.2, 0) is 9.53 Å². The standard InChI is InChI=1S/C22H22N2O3S/c1-14-5-9-16(10-6-14)23-21-19(22(26)27-4)20(25)18(28-21)13-15-7-11-17(12-8-15)24(2)3/h5-13,25H,1-4H3. The van der Waals surface area contributed by atoms with Gasteiger partial charge in [-0.2, -0.15) is 0 Å². The molecule has 1 aliphatic heterocycles. The molecule has 0 unspecified atom stereocenters. The normalized spacial score (nSPS) is 16.7. The number of hydrogen-bond donors (Lipinski definition) is 1. The highest BCUT2D eigenvalue weighted by molar-refractivity contribution is 8.18. The van der Waals surface area contributed by atoms with E-state index in [1.165, 1.54) is 18.9 Å². The molecule has 0 bridgehead atoms. The number of rotatable bonds is 4. The summed E-state index contributed by atoms with van der Waals surface area (Å²) in [5, 5.41) is 11.1. The molecule has 0 amide bonds. The van der Waals surface area contributed by atoms with Crippen LogP contribution in [0.1, 0.15) is 11.1 Å². The fourth-order valence-corrected chi connectivity index (χ4v) is 3.68. The van der Waals surface area contributed by atoms with Gasteiger partial charge in [0, 0.05) is 19.8 Å². The molecule has 0 aliphatic carbocycles. The number of ether oxygens (including phenoxy) is 1. The van der Waals surface area contributed by atoms with E-state index in [0.29, 0.717) is 15.6 Å². The smallest absolute Gasteiger partial charge is 0.344 e. The lowest BCUT2D eigenvalue weighted by Crippen LogP contribution is -2.10. The number of aliphatic hydroxyl groups excluding tert-OH is 1. The van der Waals surface area contributed by atoms with Gasteiger partial charge in [0.1, 0.15) is 16.4 Å². The zero-order chi connectivity index (χ0) is 20.3. The molecular formula is C22H22N2O3S. The maximum Gasteiger partial charge on any atom is 0.344 e. The van der Waals surface area contributed by atoms with Crippen LogP contribution in [-0.4, -0.2) is 37.3 Å². The lowest BCUT2D eigenvalue weighted by atomic mass is 10.1. The Morgan fingerprint density at radius 1 is 1.11 bits per heavy atom. The van der Waals surface area contributed by atoms with Crippen molar-refractivity contribution in [2.45, 2.75) is 6.92 Å². The Kier molecular flexibility index (Phi) is 5.90. The van der Waals surface area contributed by atoms with Crippen molar-refractivity contribution in [1.82, 2.24) is 0 Å². The predicted molar refractivity (Wildman–Crippen MR) is 116 cm³/mol. The molecule has 1 aliphatic rings. The summed E-state index contributed by atoms with van der Waals surface area (Å²) in [6.07, 6.45) is 1.83. The number of methoxy groups -OCH3 is 1. The zero-order valence-corrected chi connectivity index (χ0v) is 17.1. The predicted octanol–water partition coefficient (Wildman–Crippen LogP) is 4.86. The van der Waals surface area contributed by atoms with Gasteiger partial charge in [-0.1, -0.05) is 41.6 Å². The number of aryl methyl sites for hydroxylation is 1. The summed E-state index contributed by atoms with van der Waals surface area (Å²) in [5.41, 5.74) is 3.91. The number of benzene rings is 2. The van der Waals surface area contributed by atoms with Crippen molar-refractivity contribution in [3.05, 3.63) is 75.9 Å². The molecule has 5 nitrogen and oxygen atoms in total. The van der Waals surface area contributed by atoms with Gasteiger partial charge in [-0.05, 0) is 42.8 Å². The Labute approximate surface area is 169 Å². The van der Waals surface area contributed by atoms with Crippen molar-refractivity contribution in [1.29, 1.82) is 0 Å². The molecule has 0 saturated heterocycles. The van der Waals surface area contributed by atoms with Crippen molar-refractivity contribution in [3.63, 3.8) is 0 Å². The van der Waals surface area contributed by atoms with Crippen molar-refractivity contribution in [2.75, 3.05) is 26.1 Å². The summed E-state index contributed by atoms with van der Waals surface area (Å²) in [6.45, 7) is 2.00. The molecule has 6 heteroatoms. The first-order valence-corrected chi connectivity index (χ1v) is 9.55. The summed E-state index contributed by atoms with van der Waals surface area (Å²) in [4.78, 5) is 19.3. The van der Waals surface area contributed by atoms with Gasteiger partial charge >= 0.3 is 5.97 Å². The Bertz CT molecular complexity index is 972. The van der Waals surface area contributed by atoms with E-state index in [1.54, 1.807) is 0 Å². The minimum absolute atomic E-state index is 0.0873. The second kappa shape index (κ2) is 8.35. The average molecular weight is 394 g/mol. The van der Waals surface area contributed by atoms with Gasteiger partial charge in [0.25, 0.3) is 0 Å². The number of carbonyl (C=O) groups excluding carboxylic acids is 1. The molecule has 28 heavy (non-hydrogen) atoms. The average Bonchev–Trinajstić information content (AvgIpc) is 2.98. The fraction of sp³-hybridized carbons (Fsp3) is 0.182. The van der Waals surface area contributed by atoms with Gasteiger partial charge in [0.05, 0.1) is 17.7 Å². The lowest BCUT2D eigenvalue weighted by molar-refractivity contribution is -0.135. The minimum atomic E-state index is -0.609. The molecule has 0 radical (unpaired) electrons. The third-order valence-corrected chi connectivity index (χ3v) is 5.27. The first-order valence-electron chi connectivity index (χ1n) is 8.73. The van der Waals surface area contributed by atoms with Gasteiger partial charge in [-0.25, -0.2) is 9.79 Å². The second-order valence-electron chi connectivity index (χ2n) is 6.56. The summed E-state index contributed by atoms with van der Waals surface area (Å²) < 4.78 is 4.85. The number of thioether (sulfide) groups is 1. The monoisotopic (exact) mass is 394 g/mol. The SMILES string of the molecule is COC(=O)C1=C(O)C(=Cc2ccc(N(C)C)cc2)SC1=Nc1ccc(C)cc1. The number of carbonyl (C=O) groups is 1. The quantitative estimate of drug-likeness (QED) is 0.750. The summed E-state index contributed by atoms with van der Waals surface area (Å²) in [6, 6.07) is 15.6. The van der Waals surface area contributed by atoms with Crippen molar-refractivity contribution in [2.24, 2.45) is 4.99 Å². The molecule has 1 heterocycles. The number of nitrogens with zero attached hydrogens (tertiary/aromatic N) is 2. The number of anilines is 1. The van der Waals surface area contributed by atoms with E-state index in [-0.39, 0.29) is 11.3 Å². The van der Waals surface area contributed by atoms with Gasteiger partial charge in [-0.3, -0.25) is 0 Å². The van der Waals surface area contributed by atoms with Crippen LogP contribution >= 0.6 is 11.8 Å². The van der Waals surface area contributed by atoms with Crippen LogP contribution in [0.4, 0.5) is 11.4 Å². The molecule has 3 rings (SSSR count). The van der Waals surface area contributed by atoms with Crippen molar-refractivity contribution >= 4 is 40.2 Å². The van der Waals surface area contributed by atoms with E-state index >= 15 is 0 Å². The van der Waals surface area contributed by atoms with E-state index in [9.17, 15) is 9.90 Å². The lowest BCUT2D eigenvalue weighted by Gasteiger charge is -2.11. The molecular weight excluding hydrogens is 372 g/mol. The van der Waals surface area contributed by atoms with E-state index in [0.717, 1.165) is 16.8 Å². The minimum Gasteiger partial charge on any atom is -0.506 e. The Morgan fingerprint density at radius 2 is 1.75 bits per heavy atom. The first-order chi connectivity index (χ1) is 13.4. The fourth-order valence-electron chi connectivity index (χ4n) is 2.65. The molecule has 0 saturated carbocycles. The molecule has 2 aromatic carbocycles. The number of esters is 1. The Morgan fingerprint density at radius 3 is 2.32 bits per heavy atom. The van der Waals surface area contributed by atoms with Gasteiger partial charge < -0.3 is 14.7 Å².